The lowest BCUT2D eigenvalue weighted by molar-refractivity contribution is -0.139. The predicted molar refractivity (Wildman–Crippen MR) is 150 cm³/mol. The monoisotopic (exact) mass is 570 g/mol. The van der Waals surface area contributed by atoms with E-state index in [0.717, 1.165) is 20.6 Å². The van der Waals surface area contributed by atoms with E-state index in [2.05, 4.69) is 5.32 Å². The third-order valence-corrected chi connectivity index (χ3v) is 8.70. The number of benzene rings is 2. The van der Waals surface area contributed by atoms with E-state index in [9.17, 15) is 18.0 Å². The Bertz CT molecular complexity index is 1240. The first kappa shape index (κ1) is 30.9. The lowest BCUT2D eigenvalue weighted by Gasteiger charge is -2.33. The fraction of sp³-hybridized carbons (Fsp3) is 0.462. The molecule has 0 saturated heterocycles. The Morgan fingerprint density at radius 1 is 1.00 bits per heavy atom. The maximum Gasteiger partial charge on any atom is 0.304 e. The van der Waals surface area contributed by atoms with Gasteiger partial charge in [0, 0.05) is 26.7 Å². The van der Waals surface area contributed by atoms with Crippen LogP contribution in [-0.2, 0) is 26.3 Å². The van der Waals surface area contributed by atoms with E-state index in [1.54, 1.807) is 38.1 Å². The Morgan fingerprint density at radius 2 is 1.65 bits per heavy atom. The Morgan fingerprint density at radius 3 is 2.22 bits per heavy atom. The molecule has 1 N–H and O–H groups in total. The Hall–Kier alpha value is -2.33. The van der Waals surface area contributed by atoms with Gasteiger partial charge in [0.25, 0.3) is 0 Å². The van der Waals surface area contributed by atoms with Crippen LogP contribution < -0.4 is 9.62 Å². The molecule has 0 aliphatic rings. The van der Waals surface area contributed by atoms with Crippen molar-refractivity contribution in [3.63, 3.8) is 0 Å². The van der Waals surface area contributed by atoms with E-state index >= 15 is 0 Å². The van der Waals surface area contributed by atoms with Gasteiger partial charge in [-0.2, -0.15) is 12.7 Å². The lowest BCUT2D eigenvalue weighted by atomic mass is 10.1. The van der Waals surface area contributed by atoms with Crippen molar-refractivity contribution < 1.29 is 18.0 Å². The van der Waals surface area contributed by atoms with Gasteiger partial charge >= 0.3 is 10.2 Å². The number of amides is 2. The number of anilines is 1. The van der Waals surface area contributed by atoms with Gasteiger partial charge in [-0.3, -0.25) is 9.59 Å². The second-order valence-corrected chi connectivity index (χ2v) is 12.2. The van der Waals surface area contributed by atoms with Crippen LogP contribution in [0.15, 0.2) is 36.4 Å². The molecule has 204 valence electrons. The molecule has 11 heteroatoms. The number of nitrogens with one attached hydrogen (secondary N) is 1. The molecule has 2 amide bonds. The largest absolute Gasteiger partial charge is 0.352 e. The summed E-state index contributed by atoms with van der Waals surface area (Å²) in [7, 11) is -1.21. The van der Waals surface area contributed by atoms with Crippen LogP contribution in [0.5, 0.6) is 0 Å². The van der Waals surface area contributed by atoms with Gasteiger partial charge in [0.2, 0.25) is 11.8 Å². The molecule has 0 saturated carbocycles. The zero-order chi connectivity index (χ0) is 28.1. The molecule has 0 unspecified atom stereocenters. The van der Waals surface area contributed by atoms with Crippen LogP contribution in [-0.4, -0.2) is 62.2 Å². The van der Waals surface area contributed by atoms with E-state index in [4.69, 9.17) is 23.2 Å². The van der Waals surface area contributed by atoms with Crippen LogP contribution in [0.3, 0.4) is 0 Å². The van der Waals surface area contributed by atoms with E-state index in [0.29, 0.717) is 26.9 Å². The molecule has 2 aromatic rings. The van der Waals surface area contributed by atoms with E-state index in [-0.39, 0.29) is 18.5 Å². The maximum atomic E-state index is 13.8. The highest BCUT2D eigenvalue weighted by Crippen LogP contribution is 2.27. The van der Waals surface area contributed by atoms with Gasteiger partial charge in [-0.15, -0.1) is 0 Å². The minimum atomic E-state index is -4.03. The number of nitrogens with zero attached hydrogens (tertiary/aromatic N) is 3. The number of carbonyl (C=O) groups excluding carboxylic acids is 2. The summed E-state index contributed by atoms with van der Waals surface area (Å²) >= 11 is 12.2. The first-order valence-electron chi connectivity index (χ1n) is 12.0. The molecular weight excluding hydrogens is 535 g/mol. The maximum absolute atomic E-state index is 13.8. The molecule has 2 aromatic carbocycles. The molecule has 8 nitrogen and oxygen atoms in total. The number of halogens is 2. The summed E-state index contributed by atoms with van der Waals surface area (Å²) in [5.74, 6) is -0.874. The van der Waals surface area contributed by atoms with Gasteiger partial charge in [0.1, 0.15) is 12.6 Å². The van der Waals surface area contributed by atoms with E-state index < -0.39 is 28.7 Å². The minimum Gasteiger partial charge on any atom is -0.352 e. The van der Waals surface area contributed by atoms with Gasteiger partial charge in [-0.25, -0.2) is 4.31 Å². The topological polar surface area (TPSA) is 90.0 Å². The zero-order valence-electron chi connectivity index (χ0n) is 22.4. The van der Waals surface area contributed by atoms with Crippen molar-refractivity contribution in [1.29, 1.82) is 0 Å². The average Bonchev–Trinajstić information content (AvgIpc) is 2.83. The normalized spacial score (nSPS) is 13.2. The molecule has 2 rings (SSSR count). The van der Waals surface area contributed by atoms with Gasteiger partial charge in [-0.05, 0) is 69.0 Å². The van der Waals surface area contributed by atoms with Gasteiger partial charge < -0.3 is 10.2 Å². The summed E-state index contributed by atoms with van der Waals surface area (Å²) in [4.78, 5) is 28.2. The van der Waals surface area contributed by atoms with Crippen LogP contribution in [0, 0.1) is 13.8 Å². The van der Waals surface area contributed by atoms with Crippen LogP contribution >= 0.6 is 23.2 Å². The van der Waals surface area contributed by atoms with Crippen molar-refractivity contribution in [1.82, 2.24) is 14.5 Å². The highest BCUT2D eigenvalue weighted by atomic mass is 35.5. The fourth-order valence-corrected chi connectivity index (χ4v) is 5.01. The number of carbonyl (C=O) groups is 2. The molecule has 0 spiro atoms. The molecule has 37 heavy (non-hydrogen) atoms. The highest BCUT2D eigenvalue weighted by molar-refractivity contribution is 7.90. The van der Waals surface area contributed by atoms with Crippen LogP contribution in [0.25, 0.3) is 0 Å². The molecule has 0 bridgehead atoms. The summed E-state index contributed by atoms with van der Waals surface area (Å²) in [6.07, 6.45) is 0.723. The SMILES string of the molecule is CC[C@H](C)NC(=O)[C@H](C)N(Cc1ccc(Cl)c(Cl)c1)C(=O)CN(c1cc(C)ccc1C)S(=O)(=O)N(C)C. The molecule has 0 aromatic heterocycles. The molecule has 0 aliphatic heterocycles. The molecule has 0 fully saturated rings. The zero-order valence-corrected chi connectivity index (χ0v) is 24.7. The van der Waals surface area contributed by atoms with Crippen molar-refractivity contribution in [2.45, 2.75) is 59.7 Å². The highest BCUT2D eigenvalue weighted by Gasteiger charge is 2.33. The Balaban J connectivity index is 2.53. The predicted octanol–water partition coefficient (Wildman–Crippen LogP) is 4.56. The molecule has 0 radical (unpaired) electrons. The average molecular weight is 572 g/mol. The van der Waals surface area contributed by atoms with Crippen molar-refractivity contribution >= 4 is 50.9 Å². The van der Waals surface area contributed by atoms with Crippen molar-refractivity contribution in [3.05, 3.63) is 63.1 Å². The summed E-state index contributed by atoms with van der Waals surface area (Å²) in [6, 6.07) is 9.41. The summed E-state index contributed by atoms with van der Waals surface area (Å²) in [6.45, 7) is 8.62. The molecule has 0 heterocycles. The van der Waals surface area contributed by atoms with Gasteiger partial charge in [0.05, 0.1) is 15.7 Å². The summed E-state index contributed by atoms with van der Waals surface area (Å²) in [5, 5.41) is 3.58. The third kappa shape index (κ3) is 7.83. The minimum absolute atomic E-state index is 0.0352. The number of aryl methyl sites for hydroxylation is 2. The van der Waals surface area contributed by atoms with Gasteiger partial charge in [0.15, 0.2) is 0 Å². The number of rotatable bonds is 11. The van der Waals surface area contributed by atoms with E-state index in [1.807, 2.05) is 32.9 Å². The van der Waals surface area contributed by atoms with Crippen LogP contribution in [0.1, 0.15) is 43.9 Å². The second-order valence-electron chi connectivity index (χ2n) is 9.35. The Kier molecular flexibility index (Phi) is 10.8. The number of hydrogen-bond donors (Lipinski definition) is 1. The smallest absolute Gasteiger partial charge is 0.304 e. The van der Waals surface area contributed by atoms with Gasteiger partial charge in [-0.1, -0.05) is 48.3 Å². The molecular formula is C26H36Cl2N4O4S. The standard InChI is InChI=1S/C26H36Cl2N4O4S/c1-8-19(4)29-26(34)20(5)31(15-21-11-12-22(27)23(28)14-21)25(33)16-32(37(35,36)30(6)7)24-13-17(2)9-10-18(24)3/h9-14,19-20H,8,15-16H2,1-7H3,(H,29,34)/t19-,20-/m0/s1. The second kappa shape index (κ2) is 13.0. The van der Waals surface area contributed by atoms with Crippen molar-refractivity contribution in [2.75, 3.05) is 24.9 Å². The fourth-order valence-electron chi connectivity index (χ4n) is 3.57. The van der Waals surface area contributed by atoms with Crippen LogP contribution in [0.2, 0.25) is 10.0 Å². The van der Waals surface area contributed by atoms with Crippen molar-refractivity contribution in [3.8, 4) is 0 Å². The quantitative estimate of drug-likeness (QED) is 0.429. The van der Waals surface area contributed by atoms with Crippen LogP contribution in [0.4, 0.5) is 5.69 Å². The molecule has 0 aliphatic carbocycles. The van der Waals surface area contributed by atoms with Crippen molar-refractivity contribution in [2.24, 2.45) is 0 Å². The number of hydrogen-bond acceptors (Lipinski definition) is 4. The summed E-state index contributed by atoms with van der Waals surface area (Å²) < 4.78 is 28.8. The first-order chi connectivity index (χ1) is 17.2. The lowest BCUT2D eigenvalue weighted by Crippen LogP contribution is -2.53. The molecule has 2 atom stereocenters. The third-order valence-electron chi connectivity index (χ3n) is 6.16. The Labute approximate surface area is 230 Å². The van der Waals surface area contributed by atoms with E-state index in [1.165, 1.54) is 19.0 Å². The summed E-state index contributed by atoms with van der Waals surface area (Å²) in [5.41, 5.74) is 2.59. The first-order valence-corrected chi connectivity index (χ1v) is 14.2.